The third kappa shape index (κ3) is 1.80. The van der Waals surface area contributed by atoms with Crippen LogP contribution in [0.3, 0.4) is 0 Å². The lowest BCUT2D eigenvalue weighted by Gasteiger charge is -2.06. The van der Waals surface area contributed by atoms with Crippen molar-refractivity contribution in [1.82, 2.24) is 24.6 Å². The van der Waals surface area contributed by atoms with Gasteiger partial charge in [-0.25, -0.2) is 4.98 Å². The minimum atomic E-state index is 0.306. The molecule has 0 aromatic carbocycles. The SMILES string of the molecule is Cc1nc(Cl)c2nnc(-c3ccc(C#N)cn3)n2c1C. The van der Waals surface area contributed by atoms with E-state index in [1.54, 1.807) is 12.1 Å². The van der Waals surface area contributed by atoms with E-state index in [0.717, 1.165) is 11.4 Å². The van der Waals surface area contributed by atoms with Gasteiger partial charge < -0.3 is 0 Å². The molecule has 0 aliphatic carbocycles. The fourth-order valence-corrected chi connectivity index (χ4v) is 2.18. The van der Waals surface area contributed by atoms with Crippen molar-refractivity contribution in [2.75, 3.05) is 0 Å². The highest BCUT2D eigenvalue weighted by molar-refractivity contribution is 6.32. The molecule has 0 fully saturated rings. The van der Waals surface area contributed by atoms with Crippen LogP contribution < -0.4 is 0 Å². The van der Waals surface area contributed by atoms with Crippen LogP contribution in [0.4, 0.5) is 0 Å². The number of aromatic nitrogens is 5. The van der Waals surface area contributed by atoms with Gasteiger partial charge in [0.05, 0.1) is 11.3 Å². The lowest BCUT2D eigenvalue weighted by Crippen LogP contribution is -2.01. The minimum Gasteiger partial charge on any atom is -0.274 e. The molecule has 0 saturated heterocycles. The van der Waals surface area contributed by atoms with Gasteiger partial charge >= 0.3 is 0 Å². The molecule has 98 valence electrons. The summed E-state index contributed by atoms with van der Waals surface area (Å²) in [7, 11) is 0. The van der Waals surface area contributed by atoms with E-state index in [2.05, 4.69) is 20.2 Å². The first-order valence-corrected chi connectivity index (χ1v) is 6.24. The minimum absolute atomic E-state index is 0.306. The molecule has 3 heterocycles. The van der Waals surface area contributed by atoms with Gasteiger partial charge in [-0.2, -0.15) is 5.26 Å². The Morgan fingerprint density at radius 1 is 1.25 bits per heavy atom. The molecule has 0 atom stereocenters. The van der Waals surface area contributed by atoms with Crippen LogP contribution in [0.1, 0.15) is 17.0 Å². The summed E-state index contributed by atoms with van der Waals surface area (Å²) in [5, 5.41) is 17.3. The molecule has 0 saturated carbocycles. The maximum absolute atomic E-state index is 8.80. The van der Waals surface area contributed by atoms with E-state index < -0.39 is 0 Å². The van der Waals surface area contributed by atoms with Crippen molar-refractivity contribution in [2.24, 2.45) is 0 Å². The summed E-state index contributed by atoms with van der Waals surface area (Å²) in [6, 6.07) is 5.45. The summed E-state index contributed by atoms with van der Waals surface area (Å²) in [4.78, 5) is 8.45. The molecule has 0 aliphatic heterocycles. The van der Waals surface area contributed by atoms with Crippen LogP contribution in [0.15, 0.2) is 18.3 Å². The lowest BCUT2D eigenvalue weighted by atomic mass is 10.2. The average Bonchev–Trinajstić information content (AvgIpc) is 2.90. The molecule has 6 nitrogen and oxygen atoms in total. The van der Waals surface area contributed by atoms with Gasteiger partial charge in [0.1, 0.15) is 11.8 Å². The third-order valence-electron chi connectivity index (χ3n) is 3.09. The molecule has 0 amide bonds. The number of aryl methyl sites for hydroxylation is 2. The number of hydrogen-bond donors (Lipinski definition) is 0. The number of hydrogen-bond acceptors (Lipinski definition) is 5. The van der Waals surface area contributed by atoms with Gasteiger partial charge in [0.2, 0.25) is 0 Å². The Balaban J connectivity index is 2.29. The van der Waals surface area contributed by atoms with Gasteiger partial charge in [-0.15, -0.1) is 10.2 Å². The normalized spacial score (nSPS) is 10.7. The van der Waals surface area contributed by atoms with Crippen LogP contribution in [0, 0.1) is 25.2 Å². The van der Waals surface area contributed by atoms with Crippen molar-refractivity contribution >= 4 is 17.2 Å². The van der Waals surface area contributed by atoms with Crippen molar-refractivity contribution in [2.45, 2.75) is 13.8 Å². The summed E-state index contributed by atoms with van der Waals surface area (Å²) in [6.07, 6.45) is 1.50. The fourth-order valence-electron chi connectivity index (χ4n) is 1.93. The van der Waals surface area contributed by atoms with E-state index in [1.807, 2.05) is 24.3 Å². The van der Waals surface area contributed by atoms with Gasteiger partial charge in [-0.1, -0.05) is 11.6 Å². The topological polar surface area (TPSA) is 79.8 Å². The first-order chi connectivity index (χ1) is 9.61. The number of halogens is 1. The summed E-state index contributed by atoms with van der Waals surface area (Å²) in [5.74, 6) is 0.578. The number of nitrogens with zero attached hydrogens (tertiary/aromatic N) is 6. The van der Waals surface area contributed by atoms with E-state index in [-0.39, 0.29) is 0 Å². The lowest BCUT2D eigenvalue weighted by molar-refractivity contribution is 0.994. The van der Waals surface area contributed by atoms with Crippen LogP contribution in [0.5, 0.6) is 0 Å². The van der Waals surface area contributed by atoms with Gasteiger partial charge in [-0.05, 0) is 26.0 Å². The van der Waals surface area contributed by atoms with Crippen molar-refractivity contribution in [3.63, 3.8) is 0 Å². The molecule has 3 rings (SSSR count). The molecular weight excluding hydrogens is 276 g/mol. The number of pyridine rings is 1. The van der Waals surface area contributed by atoms with Gasteiger partial charge in [0.15, 0.2) is 16.6 Å². The molecule has 0 radical (unpaired) electrons. The first-order valence-electron chi connectivity index (χ1n) is 5.86. The molecule has 0 aliphatic rings. The molecule has 3 aromatic heterocycles. The van der Waals surface area contributed by atoms with Crippen LogP contribution >= 0.6 is 11.6 Å². The second-order valence-corrected chi connectivity index (χ2v) is 4.66. The molecule has 0 unspecified atom stereocenters. The maximum Gasteiger partial charge on any atom is 0.199 e. The zero-order valence-corrected chi connectivity index (χ0v) is 11.5. The number of rotatable bonds is 1. The van der Waals surface area contributed by atoms with Crippen LogP contribution in [-0.4, -0.2) is 24.6 Å². The zero-order valence-electron chi connectivity index (χ0n) is 10.8. The van der Waals surface area contributed by atoms with Gasteiger partial charge in [-0.3, -0.25) is 9.38 Å². The predicted octanol–water partition coefficient (Wildman–Crippen LogP) is 2.33. The molecular formula is C13H9ClN6. The summed E-state index contributed by atoms with van der Waals surface area (Å²) in [6.45, 7) is 3.79. The smallest absolute Gasteiger partial charge is 0.199 e. The monoisotopic (exact) mass is 284 g/mol. The Hall–Kier alpha value is -2.52. The van der Waals surface area contributed by atoms with E-state index in [9.17, 15) is 0 Å². The van der Waals surface area contributed by atoms with Crippen molar-refractivity contribution in [1.29, 1.82) is 5.26 Å². The van der Waals surface area contributed by atoms with Crippen molar-refractivity contribution < 1.29 is 0 Å². The summed E-state index contributed by atoms with van der Waals surface area (Å²) < 4.78 is 1.82. The number of nitriles is 1. The van der Waals surface area contributed by atoms with Crippen LogP contribution in [0.2, 0.25) is 5.15 Å². The van der Waals surface area contributed by atoms with E-state index in [0.29, 0.717) is 27.9 Å². The van der Waals surface area contributed by atoms with Gasteiger partial charge in [0, 0.05) is 11.9 Å². The first kappa shape index (κ1) is 12.5. The quantitative estimate of drug-likeness (QED) is 0.685. The van der Waals surface area contributed by atoms with E-state index >= 15 is 0 Å². The van der Waals surface area contributed by atoms with Crippen molar-refractivity contribution in [3.05, 3.63) is 40.4 Å². The fraction of sp³-hybridized carbons (Fsp3) is 0.154. The van der Waals surface area contributed by atoms with E-state index in [1.165, 1.54) is 6.20 Å². The van der Waals surface area contributed by atoms with Gasteiger partial charge in [0.25, 0.3) is 0 Å². The highest BCUT2D eigenvalue weighted by Gasteiger charge is 2.16. The Labute approximate surface area is 119 Å². The van der Waals surface area contributed by atoms with Crippen molar-refractivity contribution in [3.8, 4) is 17.6 Å². The highest BCUT2D eigenvalue weighted by Crippen LogP contribution is 2.23. The summed E-state index contributed by atoms with van der Waals surface area (Å²) in [5.41, 5.74) is 3.32. The molecule has 0 N–H and O–H groups in total. The van der Waals surface area contributed by atoms with Crippen LogP contribution in [-0.2, 0) is 0 Å². The Morgan fingerprint density at radius 3 is 2.70 bits per heavy atom. The van der Waals surface area contributed by atoms with Crippen LogP contribution in [0.25, 0.3) is 17.2 Å². The molecule has 20 heavy (non-hydrogen) atoms. The maximum atomic E-state index is 8.80. The zero-order chi connectivity index (χ0) is 14.3. The Kier molecular flexibility index (Phi) is 2.84. The molecule has 7 heteroatoms. The molecule has 0 spiro atoms. The molecule has 3 aromatic rings. The highest BCUT2D eigenvalue weighted by atomic mass is 35.5. The average molecular weight is 285 g/mol. The van der Waals surface area contributed by atoms with E-state index in [4.69, 9.17) is 16.9 Å². The standard InChI is InChI=1S/C13H9ClN6/c1-7-8(2)20-12(18-19-13(20)11(14)17-7)10-4-3-9(5-15)6-16-10/h3-4,6H,1-2H3. The number of fused-ring (bicyclic) bond motifs is 1. The molecule has 0 bridgehead atoms. The Morgan fingerprint density at radius 2 is 2.05 bits per heavy atom. The third-order valence-corrected chi connectivity index (χ3v) is 3.35. The predicted molar refractivity (Wildman–Crippen MR) is 73.2 cm³/mol. The Bertz CT molecular complexity index is 844. The largest absolute Gasteiger partial charge is 0.274 e. The summed E-state index contributed by atoms with van der Waals surface area (Å²) >= 11 is 6.08. The second kappa shape index (κ2) is 4.54. The second-order valence-electron chi connectivity index (χ2n) is 4.30.